The first-order chi connectivity index (χ1) is 9.80. The van der Waals surface area contributed by atoms with Crippen molar-refractivity contribution in [3.63, 3.8) is 0 Å². The van der Waals surface area contributed by atoms with Gasteiger partial charge < -0.3 is 4.74 Å². The van der Waals surface area contributed by atoms with E-state index in [2.05, 4.69) is 13.8 Å². The fourth-order valence-electron chi connectivity index (χ4n) is 3.04. The van der Waals surface area contributed by atoms with Gasteiger partial charge in [-0.25, -0.2) is 0 Å². The summed E-state index contributed by atoms with van der Waals surface area (Å²) in [7, 11) is 0. The third-order valence-corrected chi connectivity index (χ3v) is 5.09. The first kappa shape index (κ1) is 16.5. The van der Waals surface area contributed by atoms with Crippen LogP contribution in [0.1, 0.15) is 62.4 Å². The Kier molecular flexibility index (Phi) is 4.79. The van der Waals surface area contributed by atoms with E-state index in [-0.39, 0.29) is 5.78 Å². The molecule has 0 aromatic heterocycles. The normalized spacial score (nSPS) is 20.2. The first-order valence-electron chi connectivity index (χ1n) is 7.75. The van der Waals surface area contributed by atoms with Crippen LogP contribution in [0.5, 0.6) is 0 Å². The minimum atomic E-state index is -0.664. The van der Waals surface area contributed by atoms with Gasteiger partial charge in [0.1, 0.15) is 5.60 Å². The lowest BCUT2D eigenvalue weighted by Gasteiger charge is -2.42. The molecular weight excluding hydrogens is 284 g/mol. The van der Waals surface area contributed by atoms with Crippen molar-refractivity contribution in [2.45, 2.75) is 59.0 Å². The van der Waals surface area contributed by atoms with Crippen molar-refractivity contribution in [3.8, 4) is 0 Å². The molecule has 0 atom stereocenters. The van der Waals surface area contributed by atoms with Gasteiger partial charge in [0.2, 0.25) is 0 Å². The maximum absolute atomic E-state index is 13.0. The largest absolute Gasteiger partial charge is 0.367 e. The van der Waals surface area contributed by atoms with Crippen molar-refractivity contribution < 1.29 is 9.53 Å². The molecule has 1 aliphatic carbocycles. The number of benzene rings is 1. The predicted octanol–water partition coefficient (Wildman–Crippen LogP) is 5.21. The van der Waals surface area contributed by atoms with Crippen LogP contribution in [0.15, 0.2) is 18.2 Å². The number of carbonyl (C=O) groups is 1. The molecule has 0 aliphatic heterocycles. The summed E-state index contributed by atoms with van der Waals surface area (Å²) in [6.45, 7) is 8.98. The van der Waals surface area contributed by atoms with E-state index >= 15 is 0 Å². The second-order valence-electron chi connectivity index (χ2n) is 6.88. The van der Waals surface area contributed by atoms with E-state index in [1.807, 2.05) is 26.0 Å². The zero-order valence-corrected chi connectivity index (χ0v) is 14.2. The summed E-state index contributed by atoms with van der Waals surface area (Å²) in [6.07, 6.45) is 3.60. The maximum atomic E-state index is 13.0. The molecule has 1 aliphatic rings. The van der Waals surface area contributed by atoms with Crippen LogP contribution in [-0.4, -0.2) is 18.0 Å². The fraction of sp³-hybridized carbons (Fsp3) is 0.611. The van der Waals surface area contributed by atoms with Crippen molar-refractivity contribution in [1.29, 1.82) is 0 Å². The Balaban J connectivity index is 2.29. The van der Waals surface area contributed by atoms with Crippen LogP contribution in [0.2, 0.25) is 5.02 Å². The minimum Gasteiger partial charge on any atom is -0.367 e. The van der Waals surface area contributed by atoms with Gasteiger partial charge in [0.25, 0.3) is 0 Å². The summed E-state index contributed by atoms with van der Waals surface area (Å²) in [5, 5.41) is 0.642. The highest BCUT2D eigenvalue weighted by molar-refractivity contribution is 6.31. The Morgan fingerprint density at radius 1 is 1.24 bits per heavy atom. The highest BCUT2D eigenvalue weighted by Gasteiger charge is 2.44. The Labute approximate surface area is 132 Å². The van der Waals surface area contributed by atoms with E-state index in [1.54, 1.807) is 6.07 Å². The summed E-state index contributed by atoms with van der Waals surface area (Å²) in [5.74, 6) is 0.0850. The summed E-state index contributed by atoms with van der Waals surface area (Å²) in [4.78, 5) is 13.0. The van der Waals surface area contributed by atoms with Crippen molar-refractivity contribution in [1.82, 2.24) is 0 Å². The standard InChI is InChI=1S/C18H25ClO2/c1-5-21-18(10-8-17(3,4)9-11-18)16(20)14-7-6-13(2)15(19)12-14/h6-7,12H,5,8-11H2,1-4H3. The van der Waals surface area contributed by atoms with Gasteiger partial charge in [-0.05, 0) is 56.6 Å². The van der Waals surface area contributed by atoms with Gasteiger partial charge in [0, 0.05) is 17.2 Å². The van der Waals surface area contributed by atoms with Gasteiger partial charge in [-0.1, -0.05) is 37.6 Å². The highest BCUT2D eigenvalue weighted by atomic mass is 35.5. The molecule has 2 rings (SSSR count). The second-order valence-corrected chi connectivity index (χ2v) is 7.29. The van der Waals surface area contributed by atoms with Gasteiger partial charge in [0.05, 0.1) is 0 Å². The van der Waals surface area contributed by atoms with E-state index in [1.165, 1.54) is 0 Å². The Morgan fingerprint density at radius 2 is 1.86 bits per heavy atom. The quantitative estimate of drug-likeness (QED) is 0.714. The van der Waals surface area contributed by atoms with Gasteiger partial charge in [-0.15, -0.1) is 0 Å². The molecule has 1 aromatic carbocycles. The lowest BCUT2D eigenvalue weighted by Crippen LogP contribution is -2.46. The lowest BCUT2D eigenvalue weighted by atomic mass is 9.68. The van der Waals surface area contributed by atoms with Gasteiger partial charge in [-0.3, -0.25) is 4.79 Å². The monoisotopic (exact) mass is 308 g/mol. The zero-order chi connectivity index (χ0) is 15.7. The summed E-state index contributed by atoms with van der Waals surface area (Å²) in [6, 6.07) is 5.55. The molecule has 0 amide bonds. The van der Waals surface area contributed by atoms with Gasteiger partial charge in [-0.2, -0.15) is 0 Å². The Hall–Kier alpha value is -0.860. The fourth-order valence-corrected chi connectivity index (χ4v) is 3.22. The highest BCUT2D eigenvalue weighted by Crippen LogP contribution is 2.43. The smallest absolute Gasteiger partial charge is 0.194 e. The number of ketones is 1. The summed E-state index contributed by atoms with van der Waals surface area (Å²) >= 11 is 6.17. The van der Waals surface area contributed by atoms with Crippen molar-refractivity contribution in [2.24, 2.45) is 5.41 Å². The van der Waals surface area contributed by atoms with Crippen molar-refractivity contribution in [2.75, 3.05) is 6.61 Å². The molecule has 0 spiro atoms. The third kappa shape index (κ3) is 3.49. The van der Waals surface area contributed by atoms with E-state index in [0.29, 0.717) is 22.6 Å². The topological polar surface area (TPSA) is 26.3 Å². The molecule has 0 saturated heterocycles. The number of hydrogen-bond donors (Lipinski definition) is 0. The number of Topliss-reactive ketones (excluding diaryl/α,β-unsaturated/α-hetero) is 1. The van der Waals surface area contributed by atoms with Crippen molar-refractivity contribution >= 4 is 17.4 Å². The van der Waals surface area contributed by atoms with E-state index < -0.39 is 5.60 Å². The van der Waals surface area contributed by atoms with Crippen LogP contribution in [-0.2, 0) is 4.74 Å². The number of carbonyl (C=O) groups excluding carboxylic acids is 1. The lowest BCUT2D eigenvalue weighted by molar-refractivity contribution is -0.0580. The number of hydrogen-bond acceptors (Lipinski definition) is 2. The summed E-state index contributed by atoms with van der Waals surface area (Å²) < 4.78 is 5.96. The molecule has 3 heteroatoms. The predicted molar refractivity (Wildman–Crippen MR) is 87.1 cm³/mol. The second kappa shape index (κ2) is 6.10. The van der Waals surface area contributed by atoms with Crippen LogP contribution in [0.3, 0.4) is 0 Å². The van der Waals surface area contributed by atoms with Crippen LogP contribution in [0.25, 0.3) is 0 Å². The van der Waals surface area contributed by atoms with E-state index in [9.17, 15) is 4.79 Å². The molecule has 116 valence electrons. The molecule has 0 heterocycles. The molecule has 1 fully saturated rings. The van der Waals surface area contributed by atoms with Gasteiger partial charge in [0.15, 0.2) is 5.78 Å². The van der Waals surface area contributed by atoms with Crippen LogP contribution >= 0.6 is 11.6 Å². The number of rotatable bonds is 4. The molecule has 1 aromatic rings. The molecular formula is C18H25ClO2. The van der Waals surface area contributed by atoms with Crippen LogP contribution < -0.4 is 0 Å². The van der Waals surface area contributed by atoms with Crippen molar-refractivity contribution in [3.05, 3.63) is 34.3 Å². The molecule has 0 unspecified atom stereocenters. The number of aryl methyl sites for hydroxylation is 1. The Morgan fingerprint density at radius 3 is 2.38 bits per heavy atom. The summed E-state index contributed by atoms with van der Waals surface area (Å²) in [5.41, 5.74) is 1.29. The van der Waals surface area contributed by atoms with E-state index in [0.717, 1.165) is 31.2 Å². The molecule has 2 nitrogen and oxygen atoms in total. The third-order valence-electron chi connectivity index (χ3n) is 4.68. The molecule has 0 bridgehead atoms. The average Bonchev–Trinajstić information content (AvgIpc) is 2.44. The average molecular weight is 309 g/mol. The zero-order valence-electron chi connectivity index (χ0n) is 13.5. The SMILES string of the molecule is CCOC1(C(=O)c2ccc(C)c(Cl)c2)CCC(C)(C)CC1. The number of ether oxygens (including phenoxy) is 1. The van der Waals surface area contributed by atoms with Crippen LogP contribution in [0, 0.1) is 12.3 Å². The van der Waals surface area contributed by atoms with Gasteiger partial charge >= 0.3 is 0 Å². The molecule has 21 heavy (non-hydrogen) atoms. The van der Waals surface area contributed by atoms with Crippen LogP contribution in [0.4, 0.5) is 0 Å². The Bertz CT molecular complexity index is 524. The molecule has 1 saturated carbocycles. The molecule has 0 radical (unpaired) electrons. The van der Waals surface area contributed by atoms with E-state index in [4.69, 9.17) is 16.3 Å². The number of halogens is 1. The maximum Gasteiger partial charge on any atom is 0.194 e. The first-order valence-corrected chi connectivity index (χ1v) is 8.12. The molecule has 0 N–H and O–H groups in total. The minimum absolute atomic E-state index is 0.0850.